The van der Waals surface area contributed by atoms with Crippen molar-refractivity contribution in [3.63, 3.8) is 0 Å². The molecule has 24 heavy (non-hydrogen) atoms. The molecule has 0 radical (unpaired) electrons. The molecule has 3 N–H and O–H groups in total. The largest absolute Gasteiger partial charge is 0.496 e. The molecule has 1 aromatic heterocycles. The number of nitrogens with zero attached hydrogens (tertiary/aromatic N) is 1. The Hall–Kier alpha value is -3.32. The van der Waals surface area contributed by atoms with Crippen molar-refractivity contribution < 1.29 is 19.2 Å². The molecule has 0 atom stereocenters. The topological polar surface area (TPSA) is 96.6 Å². The van der Waals surface area contributed by atoms with E-state index in [4.69, 9.17) is 14.4 Å². The Morgan fingerprint density at radius 3 is 2.79 bits per heavy atom. The fraction of sp³-hybridized carbons (Fsp3) is 0.0588. The van der Waals surface area contributed by atoms with Crippen LogP contribution in [-0.4, -0.2) is 23.2 Å². The van der Waals surface area contributed by atoms with Gasteiger partial charge >= 0.3 is 0 Å². The van der Waals surface area contributed by atoms with Crippen LogP contribution < -0.4 is 15.5 Å². The van der Waals surface area contributed by atoms with E-state index in [0.717, 1.165) is 5.56 Å². The number of rotatable bonds is 5. The molecule has 0 bridgehead atoms. The first kappa shape index (κ1) is 15.6. The van der Waals surface area contributed by atoms with Crippen molar-refractivity contribution >= 4 is 17.3 Å². The number of nitrogens with one attached hydrogen (secondary N) is 2. The summed E-state index contributed by atoms with van der Waals surface area (Å²) in [7, 11) is 1.54. The zero-order valence-corrected chi connectivity index (χ0v) is 12.8. The monoisotopic (exact) mass is 325 g/mol. The van der Waals surface area contributed by atoms with E-state index in [0.29, 0.717) is 28.4 Å². The quantitative estimate of drug-likeness (QED) is 0.622. The lowest BCUT2D eigenvalue weighted by Crippen LogP contribution is -2.12. The first-order valence-electron chi connectivity index (χ1n) is 7.09. The minimum Gasteiger partial charge on any atom is -0.496 e. The lowest BCUT2D eigenvalue weighted by molar-refractivity contribution is 0.102. The highest BCUT2D eigenvalue weighted by molar-refractivity contribution is 6.05. The summed E-state index contributed by atoms with van der Waals surface area (Å²) < 4.78 is 10.6. The van der Waals surface area contributed by atoms with Crippen LogP contribution in [0.25, 0.3) is 11.3 Å². The second-order valence-electron chi connectivity index (χ2n) is 4.93. The van der Waals surface area contributed by atoms with Gasteiger partial charge in [0.05, 0.1) is 24.6 Å². The fourth-order valence-electron chi connectivity index (χ4n) is 2.25. The molecule has 7 heteroatoms. The molecular weight excluding hydrogens is 310 g/mol. The van der Waals surface area contributed by atoms with Gasteiger partial charge in [0.1, 0.15) is 5.75 Å². The van der Waals surface area contributed by atoms with Crippen molar-refractivity contribution in [1.82, 2.24) is 4.98 Å². The molecular formula is C17H15N3O4. The van der Waals surface area contributed by atoms with E-state index >= 15 is 0 Å². The standard InChI is InChI=1S/C17H15N3O4/c1-23-15-8-12(5-6-14(15)16-9-18-10-24-16)19-17(21)11-3-2-4-13(7-11)20-22/h2-10,20,22H,1H3,(H,19,21). The average molecular weight is 325 g/mol. The van der Waals surface area contributed by atoms with Crippen LogP contribution in [0.3, 0.4) is 0 Å². The predicted molar refractivity (Wildman–Crippen MR) is 88.3 cm³/mol. The SMILES string of the molecule is COc1cc(NC(=O)c2cccc(NO)c2)ccc1-c1cnco1. The molecule has 0 aliphatic heterocycles. The van der Waals surface area contributed by atoms with E-state index in [1.807, 2.05) is 5.48 Å². The van der Waals surface area contributed by atoms with Crippen molar-refractivity contribution in [2.24, 2.45) is 0 Å². The summed E-state index contributed by atoms with van der Waals surface area (Å²) in [6.45, 7) is 0. The maximum absolute atomic E-state index is 12.3. The van der Waals surface area contributed by atoms with Crippen LogP contribution >= 0.6 is 0 Å². The highest BCUT2D eigenvalue weighted by Gasteiger charge is 2.12. The van der Waals surface area contributed by atoms with Crippen LogP contribution in [0.4, 0.5) is 11.4 Å². The summed E-state index contributed by atoms with van der Waals surface area (Å²) in [5.74, 6) is 0.823. The van der Waals surface area contributed by atoms with Gasteiger partial charge in [-0.15, -0.1) is 0 Å². The zero-order chi connectivity index (χ0) is 16.9. The molecule has 0 spiro atoms. The van der Waals surface area contributed by atoms with Crippen molar-refractivity contribution in [2.75, 3.05) is 17.9 Å². The van der Waals surface area contributed by atoms with Gasteiger partial charge in [0, 0.05) is 17.3 Å². The molecule has 0 aliphatic carbocycles. The van der Waals surface area contributed by atoms with E-state index in [9.17, 15) is 4.79 Å². The number of benzene rings is 2. The minimum absolute atomic E-state index is 0.304. The van der Waals surface area contributed by atoms with Crippen LogP contribution in [0.15, 0.2) is 59.5 Å². The molecule has 3 aromatic rings. The van der Waals surface area contributed by atoms with Crippen molar-refractivity contribution in [3.8, 4) is 17.1 Å². The third-order valence-electron chi connectivity index (χ3n) is 3.41. The molecule has 7 nitrogen and oxygen atoms in total. The Bertz CT molecular complexity index is 847. The molecule has 0 saturated carbocycles. The Morgan fingerprint density at radius 1 is 1.21 bits per heavy atom. The summed E-state index contributed by atoms with van der Waals surface area (Å²) in [5.41, 5.74) is 4.16. The van der Waals surface area contributed by atoms with Gasteiger partial charge in [0.25, 0.3) is 5.91 Å². The first-order chi connectivity index (χ1) is 11.7. The Kier molecular flexibility index (Phi) is 4.44. The fourth-order valence-corrected chi connectivity index (χ4v) is 2.25. The molecule has 2 aromatic carbocycles. The lowest BCUT2D eigenvalue weighted by atomic mass is 10.1. The van der Waals surface area contributed by atoms with Gasteiger partial charge in [-0.2, -0.15) is 0 Å². The normalized spacial score (nSPS) is 10.2. The van der Waals surface area contributed by atoms with Gasteiger partial charge < -0.3 is 14.5 Å². The maximum Gasteiger partial charge on any atom is 0.255 e. The third kappa shape index (κ3) is 3.21. The van der Waals surface area contributed by atoms with E-state index < -0.39 is 0 Å². The maximum atomic E-state index is 12.3. The Balaban J connectivity index is 1.83. The number of carbonyl (C=O) groups is 1. The number of carbonyl (C=O) groups excluding carboxylic acids is 1. The van der Waals surface area contributed by atoms with Crippen molar-refractivity contribution in [2.45, 2.75) is 0 Å². The zero-order valence-electron chi connectivity index (χ0n) is 12.8. The molecule has 3 rings (SSSR count). The second-order valence-corrected chi connectivity index (χ2v) is 4.93. The van der Waals surface area contributed by atoms with Gasteiger partial charge in [-0.05, 0) is 30.3 Å². The Morgan fingerprint density at radius 2 is 2.08 bits per heavy atom. The molecule has 1 heterocycles. The number of amides is 1. The molecule has 0 unspecified atom stereocenters. The minimum atomic E-state index is -0.304. The Labute approximate surface area is 137 Å². The average Bonchev–Trinajstić information content (AvgIpc) is 3.16. The second kappa shape index (κ2) is 6.84. The lowest BCUT2D eigenvalue weighted by Gasteiger charge is -2.10. The van der Waals surface area contributed by atoms with Crippen LogP contribution in [0.1, 0.15) is 10.4 Å². The molecule has 0 saturated heterocycles. The summed E-state index contributed by atoms with van der Waals surface area (Å²) in [5, 5.41) is 11.7. The summed E-state index contributed by atoms with van der Waals surface area (Å²) in [6.07, 6.45) is 2.93. The molecule has 0 aliphatic rings. The van der Waals surface area contributed by atoms with Gasteiger partial charge in [-0.3, -0.25) is 15.5 Å². The molecule has 0 fully saturated rings. The number of oxazole rings is 1. The summed E-state index contributed by atoms with van der Waals surface area (Å²) >= 11 is 0. The number of hydrogen-bond acceptors (Lipinski definition) is 6. The van der Waals surface area contributed by atoms with E-state index in [2.05, 4.69) is 10.3 Å². The predicted octanol–water partition coefficient (Wildman–Crippen LogP) is 3.40. The van der Waals surface area contributed by atoms with Crippen molar-refractivity contribution in [3.05, 3.63) is 60.6 Å². The number of anilines is 2. The van der Waals surface area contributed by atoms with Crippen molar-refractivity contribution in [1.29, 1.82) is 0 Å². The summed E-state index contributed by atoms with van der Waals surface area (Å²) in [6, 6.07) is 11.7. The van der Waals surface area contributed by atoms with Gasteiger partial charge in [0.2, 0.25) is 0 Å². The first-order valence-corrected chi connectivity index (χ1v) is 7.09. The molecule has 1 amide bonds. The van der Waals surface area contributed by atoms with Crippen LogP contribution in [0, 0.1) is 0 Å². The highest BCUT2D eigenvalue weighted by Crippen LogP contribution is 2.32. The van der Waals surface area contributed by atoms with E-state index in [1.165, 1.54) is 19.6 Å². The van der Waals surface area contributed by atoms with Gasteiger partial charge in [-0.1, -0.05) is 6.07 Å². The smallest absolute Gasteiger partial charge is 0.255 e. The number of ether oxygens (including phenoxy) is 1. The van der Waals surface area contributed by atoms with Crippen LogP contribution in [0.5, 0.6) is 5.75 Å². The highest BCUT2D eigenvalue weighted by atomic mass is 16.5. The number of methoxy groups -OCH3 is 1. The molecule has 122 valence electrons. The summed E-state index contributed by atoms with van der Waals surface area (Å²) in [4.78, 5) is 16.2. The van der Waals surface area contributed by atoms with Gasteiger partial charge in [-0.25, -0.2) is 4.98 Å². The third-order valence-corrected chi connectivity index (χ3v) is 3.41. The van der Waals surface area contributed by atoms with Crippen LogP contribution in [-0.2, 0) is 0 Å². The van der Waals surface area contributed by atoms with Crippen LogP contribution in [0.2, 0.25) is 0 Å². The van der Waals surface area contributed by atoms with E-state index in [1.54, 1.807) is 42.6 Å². The van der Waals surface area contributed by atoms with Gasteiger partial charge in [0.15, 0.2) is 12.2 Å². The number of hydrogen-bond donors (Lipinski definition) is 3. The number of aromatic nitrogens is 1. The van der Waals surface area contributed by atoms with E-state index in [-0.39, 0.29) is 5.91 Å².